The van der Waals surface area contributed by atoms with Gasteiger partial charge in [0.25, 0.3) is 0 Å². The van der Waals surface area contributed by atoms with E-state index in [0.29, 0.717) is 12.6 Å². The number of nitrogens with zero attached hydrogens (tertiary/aromatic N) is 2. The van der Waals surface area contributed by atoms with Gasteiger partial charge in [-0.15, -0.1) is 11.3 Å². The van der Waals surface area contributed by atoms with Crippen LogP contribution < -0.4 is 10.6 Å². The van der Waals surface area contributed by atoms with E-state index < -0.39 is 0 Å². The summed E-state index contributed by atoms with van der Waals surface area (Å²) in [6.45, 7) is 6.25. The lowest BCUT2D eigenvalue weighted by Crippen LogP contribution is -2.34. The second-order valence-corrected chi connectivity index (χ2v) is 6.09. The van der Waals surface area contributed by atoms with Crippen molar-refractivity contribution in [2.45, 2.75) is 65.0 Å². The molecule has 2 heterocycles. The Morgan fingerprint density at radius 3 is 2.78 bits per heavy atom. The molecular weight excluding hydrogens is 242 g/mol. The van der Waals surface area contributed by atoms with E-state index in [4.69, 9.17) is 10.7 Å². The quantitative estimate of drug-likeness (QED) is 0.910. The summed E-state index contributed by atoms with van der Waals surface area (Å²) >= 11 is 1.81. The predicted molar refractivity (Wildman–Crippen MR) is 79.3 cm³/mol. The van der Waals surface area contributed by atoms with Crippen LogP contribution in [0.5, 0.6) is 0 Å². The number of aromatic nitrogens is 1. The third-order valence-electron chi connectivity index (χ3n) is 3.88. The van der Waals surface area contributed by atoms with E-state index >= 15 is 0 Å². The molecule has 1 aromatic rings. The van der Waals surface area contributed by atoms with Gasteiger partial charge < -0.3 is 10.6 Å². The van der Waals surface area contributed by atoms with Gasteiger partial charge in [0.2, 0.25) is 0 Å². The minimum absolute atomic E-state index is 0.630. The molecule has 4 heteroatoms. The van der Waals surface area contributed by atoms with Gasteiger partial charge in [0, 0.05) is 24.0 Å². The van der Waals surface area contributed by atoms with E-state index in [0.717, 1.165) is 6.42 Å². The summed E-state index contributed by atoms with van der Waals surface area (Å²) < 4.78 is 0. The third-order valence-corrected chi connectivity index (χ3v) is 5.04. The SMILES string of the molecule is CCc1nc(N2CCCCCC2CC)sc1CN. The highest BCUT2D eigenvalue weighted by Gasteiger charge is 2.23. The number of anilines is 1. The first-order valence-corrected chi connectivity index (χ1v) is 8.07. The second kappa shape index (κ2) is 6.53. The Morgan fingerprint density at radius 2 is 2.17 bits per heavy atom. The van der Waals surface area contributed by atoms with Crippen molar-refractivity contribution in [3.8, 4) is 0 Å². The predicted octanol–water partition coefficient (Wildman–Crippen LogP) is 3.32. The first-order valence-electron chi connectivity index (χ1n) is 7.25. The molecule has 1 atom stereocenters. The molecule has 0 spiro atoms. The summed E-state index contributed by atoms with van der Waals surface area (Å²) in [7, 11) is 0. The van der Waals surface area contributed by atoms with Crippen molar-refractivity contribution in [3.63, 3.8) is 0 Å². The van der Waals surface area contributed by atoms with Crippen molar-refractivity contribution in [2.24, 2.45) is 5.73 Å². The monoisotopic (exact) mass is 267 g/mol. The fraction of sp³-hybridized carbons (Fsp3) is 0.786. The third kappa shape index (κ3) is 2.86. The van der Waals surface area contributed by atoms with Crippen LogP contribution in [0.3, 0.4) is 0 Å². The van der Waals surface area contributed by atoms with Crippen molar-refractivity contribution < 1.29 is 0 Å². The Morgan fingerprint density at radius 1 is 1.33 bits per heavy atom. The van der Waals surface area contributed by atoms with Crippen molar-refractivity contribution in [3.05, 3.63) is 10.6 Å². The molecule has 0 saturated carbocycles. The zero-order chi connectivity index (χ0) is 13.0. The molecule has 1 unspecified atom stereocenters. The van der Waals surface area contributed by atoms with Crippen LogP contribution in [0.25, 0.3) is 0 Å². The molecule has 1 aromatic heterocycles. The van der Waals surface area contributed by atoms with Gasteiger partial charge in [0.1, 0.15) is 0 Å². The number of rotatable bonds is 4. The summed E-state index contributed by atoms with van der Waals surface area (Å²) in [5, 5.41) is 1.21. The van der Waals surface area contributed by atoms with Gasteiger partial charge in [-0.2, -0.15) is 0 Å². The van der Waals surface area contributed by atoms with Crippen LogP contribution in [-0.2, 0) is 13.0 Å². The maximum atomic E-state index is 5.82. The second-order valence-electron chi connectivity index (χ2n) is 5.03. The molecule has 0 aromatic carbocycles. The summed E-state index contributed by atoms with van der Waals surface area (Å²) in [4.78, 5) is 8.64. The molecule has 2 N–H and O–H groups in total. The number of hydrogen-bond donors (Lipinski definition) is 1. The Balaban J connectivity index is 2.24. The standard InChI is InChI=1S/C14H25N3S/c1-3-11-8-6-5-7-9-17(11)14-16-12(4-2)13(10-15)18-14/h11H,3-10,15H2,1-2H3. The van der Waals surface area contributed by atoms with Gasteiger partial charge in [-0.3, -0.25) is 0 Å². The lowest BCUT2D eigenvalue weighted by molar-refractivity contribution is 0.555. The van der Waals surface area contributed by atoms with Crippen LogP contribution in [0.1, 0.15) is 56.5 Å². The lowest BCUT2D eigenvalue weighted by Gasteiger charge is -2.28. The topological polar surface area (TPSA) is 42.2 Å². The van der Waals surface area contributed by atoms with Crippen LogP contribution in [0.15, 0.2) is 0 Å². The highest BCUT2D eigenvalue weighted by molar-refractivity contribution is 7.15. The van der Waals surface area contributed by atoms with Crippen LogP contribution in [0.4, 0.5) is 5.13 Å². The number of nitrogens with two attached hydrogens (primary N) is 1. The summed E-state index contributed by atoms with van der Waals surface area (Å²) in [6, 6.07) is 0.675. The largest absolute Gasteiger partial charge is 0.345 e. The molecule has 0 aliphatic carbocycles. The number of hydrogen-bond acceptors (Lipinski definition) is 4. The average Bonchev–Trinajstić information content (AvgIpc) is 2.67. The van der Waals surface area contributed by atoms with Crippen LogP contribution in [0.2, 0.25) is 0 Å². The zero-order valence-electron chi connectivity index (χ0n) is 11.6. The minimum atomic E-state index is 0.630. The first kappa shape index (κ1) is 13.8. The Labute approximate surface area is 114 Å². The van der Waals surface area contributed by atoms with Gasteiger partial charge >= 0.3 is 0 Å². The van der Waals surface area contributed by atoms with Crippen LogP contribution in [-0.4, -0.2) is 17.6 Å². The number of thiazole rings is 1. The van der Waals surface area contributed by atoms with Crippen LogP contribution >= 0.6 is 11.3 Å². The molecular formula is C14H25N3S. The van der Waals surface area contributed by atoms with Gasteiger partial charge in [0.15, 0.2) is 5.13 Å². The van der Waals surface area contributed by atoms with Gasteiger partial charge in [-0.1, -0.05) is 26.7 Å². The maximum Gasteiger partial charge on any atom is 0.186 e. The zero-order valence-corrected chi connectivity index (χ0v) is 12.4. The van der Waals surface area contributed by atoms with E-state index in [9.17, 15) is 0 Å². The Hall–Kier alpha value is -0.610. The molecule has 3 nitrogen and oxygen atoms in total. The molecule has 1 aliphatic heterocycles. The molecule has 2 rings (SSSR count). The number of aryl methyl sites for hydroxylation is 1. The molecule has 0 radical (unpaired) electrons. The minimum Gasteiger partial charge on any atom is -0.345 e. The van der Waals surface area contributed by atoms with Gasteiger partial charge in [-0.05, 0) is 25.7 Å². The first-order chi connectivity index (χ1) is 8.80. The smallest absolute Gasteiger partial charge is 0.186 e. The molecule has 18 heavy (non-hydrogen) atoms. The van der Waals surface area contributed by atoms with E-state index in [1.807, 2.05) is 11.3 Å². The van der Waals surface area contributed by atoms with E-state index in [-0.39, 0.29) is 0 Å². The Kier molecular flexibility index (Phi) is 5.01. The molecule has 102 valence electrons. The fourth-order valence-electron chi connectivity index (χ4n) is 2.78. The van der Waals surface area contributed by atoms with Crippen molar-refractivity contribution in [1.29, 1.82) is 0 Å². The van der Waals surface area contributed by atoms with Crippen molar-refractivity contribution in [2.75, 3.05) is 11.4 Å². The van der Waals surface area contributed by atoms with Gasteiger partial charge in [-0.25, -0.2) is 4.98 Å². The molecule has 0 amide bonds. The average molecular weight is 267 g/mol. The molecule has 1 fully saturated rings. The highest BCUT2D eigenvalue weighted by atomic mass is 32.1. The highest BCUT2D eigenvalue weighted by Crippen LogP contribution is 2.31. The van der Waals surface area contributed by atoms with Crippen LogP contribution in [0, 0.1) is 0 Å². The summed E-state index contributed by atoms with van der Waals surface area (Å²) in [5.74, 6) is 0. The Bertz CT molecular complexity index is 354. The van der Waals surface area contributed by atoms with Crippen molar-refractivity contribution in [1.82, 2.24) is 4.98 Å². The summed E-state index contributed by atoms with van der Waals surface area (Å²) in [6.07, 6.45) is 7.56. The normalized spacial score (nSPS) is 21.1. The molecule has 1 aliphatic rings. The fourth-order valence-corrected chi connectivity index (χ4v) is 3.91. The molecule has 0 bridgehead atoms. The van der Waals surface area contributed by atoms with Gasteiger partial charge in [0.05, 0.1) is 5.69 Å². The van der Waals surface area contributed by atoms with E-state index in [1.165, 1.54) is 54.4 Å². The van der Waals surface area contributed by atoms with E-state index in [1.54, 1.807) is 0 Å². The summed E-state index contributed by atoms with van der Waals surface area (Å²) in [5.41, 5.74) is 7.02. The lowest BCUT2D eigenvalue weighted by atomic mass is 10.1. The van der Waals surface area contributed by atoms with Crippen molar-refractivity contribution >= 4 is 16.5 Å². The maximum absolute atomic E-state index is 5.82. The molecule has 1 saturated heterocycles. The van der Waals surface area contributed by atoms with E-state index in [2.05, 4.69) is 18.7 Å².